The lowest BCUT2D eigenvalue weighted by Crippen LogP contribution is -2.51. The van der Waals surface area contributed by atoms with Gasteiger partial charge in [-0.2, -0.15) is 30.6 Å². The fourth-order valence-corrected chi connectivity index (χ4v) is 4.58. The Hall–Kier alpha value is -1.86. The van der Waals surface area contributed by atoms with Crippen molar-refractivity contribution in [3.63, 3.8) is 0 Å². The van der Waals surface area contributed by atoms with Crippen LogP contribution >= 0.6 is 0 Å². The predicted molar refractivity (Wildman–Crippen MR) is 95.3 cm³/mol. The van der Waals surface area contributed by atoms with Gasteiger partial charge in [0.15, 0.2) is 0 Å². The Balaban J connectivity index is 1.72. The molecule has 1 aromatic carbocycles. The fourth-order valence-electron chi connectivity index (χ4n) is 3.09. The number of carbonyl (C=O) groups excluding carboxylic acids is 1. The predicted octanol–water partition coefficient (Wildman–Crippen LogP) is 2.98. The Bertz CT molecular complexity index is 888. The van der Waals surface area contributed by atoms with E-state index in [1.165, 1.54) is 4.90 Å². The third-order valence-corrected chi connectivity index (χ3v) is 6.94. The van der Waals surface area contributed by atoms with Gasteiger partial charge in [0, 0.05) is 26.2 Å². The summed E-state index contributed by atoms with van der Waals surface area (Å²) < 4.78 is 110. The summed E-state index contributed by atoms with van der Waals surface area (Å²) in [6.07, 6.45) is -8.21. The van der Waals surface area contributed by atoms with Crippen molar-refractivity contribution in [1.29, 1.82) is 0 Å². The van der Waals surface area contributed by atoms with E-state index in [0.717, 1.165) is 17.1 Å². The molecule has 13 heteroatoms. The first-order chi connectivity index (χ1) is 14.3. The highest BCUT2D eigenvalue weighted by Gasteiger charge is 2.39. The highest BCUT2D eigenvalue weighted by atomic mass is 32.2. The third-order valence-electron chi connectivity index (χ3n) is 5.07. The summed E-state index contributed by atoms with van der Waals surface area (Å²) in [5.74, 6) is 0.111. The van der Waals surface area contributed by atoms with Crippen LogP contribution in [-0.4, -0.2) is 62.9 Å². The number of piperazine rings is 1. The van der Waals surface area contributed by atoms with Gasteiger partial charge in [0.2, 0.25) is 15.9 Å². The molecule has 0 radical (unpaired) electrons. The number of hydrogen-bond acceptors (Lipinski definition) is 4. The maximum Gasteiger partial charge on any atom is 0.416 e. The van der Waals surface area contributed by atoms with Crippen molar-refractivity contribution in [2.24, 2.45) is 5.92 Å². The van der Waals surface area contributed by atoms with Gasteiger partial charge in [-0.3, -0.25) is 4.79 Å². The minimum absolute atomic E-state index is 0.0457. The van der Waals surface area contributed by atoms with Crippen molar-refractivity contribution in [2.75, 3.05) is 39.4 Å². The van der Waals surface area contributed by atoms with Gasteiger partial charge >= 0.3 is 12.4 Å². The van der Waals surface area contributed by atoms with Gasteiger partial charge in [0.1, 0.15) is 6.61 Å². The molecular formula is C18H20F6N2O4S. The summed E-state index contributed by atoms with van der Waals surface area (Å²) >= 11 is 0. The van der Waals surface area contributed by atoms with Gasteiger partial charge in [-0.1, -0.05) is 0 Å². The average molecular weight is 474 g/mol. The fraction of sp³-hybridized carbons (Fsp3) is 0.611. The highest BCUT2D eigenvalue weighted by Crippen LogP contribution is 2.38. The molecule has 1 aliphatic carbocycles. The number of nitrogens with zero attached hydrogens (tertiary/aromatic N) is 2. The molecule has 3 rings (SSSR count). The summed E-state index contributed by atoms with van der Waals surface area (Å²) in [4.78, 5) is 12.4. The Morgan fingerprint density at radius 1 is 0.935 bits per heavy atom. The number of halogens is 6. The van der Waals surface area contributed by atoms with E-state index in [4.69, 9.17) is 4.74 Å². The number of hydrogen-bond donors (Lipinski definition) is 0. The van der Waals surface area contributed by atoms with Crippen molar-refractivity contribution < 1.29 is 44.3 Å². The number of carbonyl (C=O) groups is 1. The van der Waals surface area contributed by atoms with E-state index in [1.807, 2.05) is 0 Å². The first-order valence-electron chi connectivity index (χ1n) is 9.43. The van der Waals surface area contributed by atoms with Crippen LogP contribution in [0.2, 0.25) is 0 Å². The Labute approximate surface area is 174 Å². The molecule has 2 aliphatic rings. The molecule has 0 atom stereocenters. The molecule has 1 heterocycles. The van der Waals surface area contributed by atoms with Crippen molar-refractivity contribution in [1.82, 2.24) is 9.21 Å². The van der Waals surface area contributed by atoms with Gasteiger partial charge < -0.3 is 9.64 Å². The van der Waals surface area contributed by atoms with Crippen LogP contribution in [-0.2, 0) is 31.9 Å². The molecule has 1 saturated heterocycles. The number of rotatable bonds is 6. The third kappa shape index (κ3) is 5.89. The van der Waals surface area contributed by atoms with Crippen molar-refractivity contribution >= 4 is 15.9 Å². The Kier molecular flexibility index (Phi) is 6.59. The lowest BCUT2D eigenvalue weighted by Gasteiger charge is -2.34. The molecule has 0 aromatic heterocycles. The molecule has 1 saturated carbocycles. The Morgan fingerprint density at radius 3 is 1.90 bits per heavy atom. The van der Waals surface area contributed by atoms with Crippen LogP contribution in [0.4, 0.5) is 26.3 Å². The van der Waals surface area contributed by atoms with Crippen molar-refractivity contribution in [2.45, 2.75) is 30.1 Å². The lowest BCUT2D eigenvalue weighted by molar-refractivity contribution is -0.143. The van der Waals surface area contributed by atoms with Crippen LogP contribution < -0.4 is 0 Å². The molecular weight excluding hydrogens is 454 g/mol. The summed E-state index contributed by atoms with van der Waals surface area (Å²) in [5.41, 5.74) is -3.41. The normalized spacial score (nSPS) is 19.0. The summed E-state index contributed by atoms with van der Waals surface area (Å²) in [7, 11) is -4.63. The van der Waals surface area contributed by atoms with Gasteiger partial charge in [-0.25, -0.2) is 8.42 Å². The van der Waals surface area contributed by atoms with Gasteiger partial charge in [-0.05, 0) is 37.0 Å². The van der Waals surface area contributed by atoms with Crippen molar-refractivity contribution in [3.8, 4) is 0 Å². The monoisotopic (exact) mass is 474 g/mol. The maximum atomic E-state index is 13.0. The van der Waals surface area contributed by atoms with E-state index in [1.54, 1.807) is 0 Å². The smallest absolute Gasteiger partial charge is 0.371 e. The quantitative estimate of drug-likeness (QED) is 0.595. The summed E-state index contributed by atoms with van der Waals surface area (Å²) in [6, 6.07) is 0.249. The van der Waals surface area contributed by atoms with Crippen LogP contribution in [0.25, 0.3) is 0 Å². The first-order valence-corrected chi connectivity index (χ1v) is 10.9. The van der Waals surface area contributed by atoms with Crippen LogP contribution in [0, 0.1) is 5.92 Å². The molecule has 31 heavy (non-hydrogen) atoms. The summed E-state index contributed by atoms with van der Waals surface area (Å²) in [6.45, 7) is -0.294. The molecule has 0 unspecified atom stereocenters. The number of sulfonamides is 1. The second-order valence-electron chi connectivity index (χ2n) is 7.48. The van der Waals surface area contributed by atoms with Crippen LogP contribution in [0.1, 0.15) is 24.0 Å². The van der Waals surface area contributed by atoms with E-state index in [0.29, 0.717) is 12.5 Å². The molecule has 0 bridgehead atoms. The minimum Gasteiger partial charge on any atom is -0.371 e. The molecule has 1 amide bonds. The van der Waals surface area contributed by atoms with E-state index in [-0.39, 0.29) is 56.9 Å². The van der Waals surface area contributed by atoms with Crippen LogP contribution in [0.15, 0.2) is 23.1 Å². The molecule has 0 spiro atoms. The molecule has 1 aliphatic heterocycles. The zero-order valence-corrected chi connectivity index (χ0v) is 17.0. The van der Waals surface area contributed by atoms with E-state index in [9.17, 15) is 39.6 Å². The van der Waals surface area contributed by atoms with E-state index in [2.05, 4.69) is 0 Å². The number of amides is 1. The lowest BCUT2D eigenvalue weighted by atomic mass is 10.1. The molecule has 0 N–H and O–H groups in total. The number of ether oxygens (including phenoxy) is 1. The Morgan fingerprint density at radius 2 is 1.45 bits per heavy atom. The highest BCUT2D eigenvalue weighted by molar-refractivity contribution is 7.89. The largest absolute Gasteiger partial charge is 0.416 e. The van der Waals surface area contributed by atoms with Gasteiger partial charge in [-0.15, -0.1) is 0 Å². The van der Waals surface area contributed by atoms with Gasteiger partial charge in [0.05, 0.1) is 22.6 Å². The molecule has 6 nitrogen and oxygen atoms in total. The number of benzene rings is 1. The standard InChI is InChI=1S/C18H20F6N2O4S/c19-17(20,21)13-7-14(18(22,23)24)9-15(8-13)31(28,29)26-5-3-25(4-6-26)16(27)11-30-10-12-1-2-12/h7-9,12H,1-6,10-11H2. The van der Waals surface area contributed by atoms with Crippen LogP contribution in [0.5, 0.6) is 0 Å². The maximum absolute atomic E-state index is 13.0. The molecule has 2 fully saturated rings. The topological polar surface area (TPSA) is 66.9 Å². The second-order valence-corrected chi connectivity index (χ2v) is 9.42. The average Bonchev–Trinajstić information content (AvgIpc) is 3.50. The second kappa shape index (κ2) is 8.58. The minimum atomic E-state index is -5.16. The van der Waals surface area contributed by atoms with E-state index >= 15 is 0 Å². The SMILES string of the molecule is O=C(COCC1CC1)N1CCN(S(=O)(=O)c2cc(C(F)(F)F)cc(C(F)(F)F)c2)CC1. The molecule has 1 aromatic rings. The van der Waals surface area contributed by atoms with E-state index < -0.39 is 38.4 Å². The zero-order chi connectivity index (χ0) is 23.0. The zero-order valence-electron chi connectivity index (χ0n) is 16.2. The first kappa shape index (κ1) is 23.8. The van der Waals surface area contributed by atoms with Crippen LogP contribution in [0.3, 0.4) is 0 Å². The van der Waals surface area contributed by atoms with Crippen molar-refractivity contribution in [3.05, 3.63) is 29.3 Å². The molecule has 174 valence electrons. The van der Waals surface area contributed by atoms with Gasteiger partial charge in [0.25, 0.3) is 0 Å². The summed E-state index contributed by atoms with van der Waals surface area (Å²) in [5, 5.41) is 0. The number of alkyl halides is 6.